The van der Waals surface area contributed by atoms with Gasteiger partial charge in [0.15, 0.2) is 0 Å². The van der Waals surface area contributed by atoms with Crippen molar-refractivity contribution in [3.8, 4) is 11.6 Å². The Kier molecular flexibility index (Phi) is 4.76. The minimum Gasteiger partial charge on any atom is -0.437 e. The Labute approximate surface area is 123 Å². The molecule has 0 radical (unpaired) electrons. The lowest BCUT2D eigenvalue weighted by Gasteiger charge is -2.10. The number of benzene rings is 1. The number of hydrazine groups is 1. The number of aromatic nitrogens is 2. The lowest BCUT2D eigenvalue weighted by molar-refractivity contribution is 0.459. The fourth-order valence-electron chi connectivity index (χ4n) is 1.74. The molecule has 0 aliphatic heterocycles. The summed E-state index contributed by atoms with van der Waals surface area (Å²) in [6.07, 6.45) is 1.70. The van der Waals surface area contributed by atoms with Crippen LogP contribution in [0.15, 0.2) is 24.3 Å². The van der Waals surface area contributed by atoms with Crippen LogP contribution in [0.3, 0.4) is 0 Å². The summed E-state index contributed by atoms with van der Waals surface area (Å²) in [5.74, 6) is 7.58. The number of hydrogen-bond acceptors (Lipinski definition) is 5. The van der Waals surface area contributed by atoms with E-state index in [0.717, 1.165) is 18.4 Å². The predicted octanol–water partition coefficient (Wildman–Crippen LogP) is 3.47. The van der Waals surface area contributed by atoms with Gasteiger partial charge in [-0.3, -0.25) is 0 Å². The number of nitrogen functional groups attached to an aromatic ring is 1. The van der Waals surface area contributed by atoms with Crippen LogP contribution in [-0.2, 0) is 6.42 Å². The van der Waals surface area contributed by atoms with Gasteiger partial charge in [0.05, 0.1) is 5.02 Å². The molecule has 2 rings (SSSR count). The molecule has 0 atom stereocenters. The number of halogens is 1. The van der Waals surface area contributed by atoms with Gasteiger partial charge in [0, 0.05) is 12.5 Å². The van der Waals surface area contributed by atoms with Crippen molar-refractivity contribution in [1.82, 2.24) is 9.97 Å². The zero-order valence-corrected chi connectivity index (χ0v) is 12.2. The summed E-state index contributed by atoms with van der Waals surface area (Å²) in [4.78, 5) is 8.60. The van der Waals surface area contributed by atoms with Crippen LogP contribution in [0.1, 0.15) is 24.7 Å². The zero-order valence-electron chi connectivity index (χ0n) is 11.5. The van der Waals surface area contributed by atoms with Gasteiger partial charge >= 0.3 is 0 Å². The summed E-state index contributed by atoms with van der Waals surface area (Å²) in [5, 5.41) is 0.544. The van der Waals surface area contributed by atoms with Gasteiger partial charge in [0.2, 0.25) is 5.88 Å². The molecule has 5 nitrogen and oxygen atoms in total. The number of hydrogen-bond donors (Lipinski definition) is 2. The fraction of sp³-hybridized carbons (Fsp3) is 0.286. The molecule has 1 aromatic carbocycles. The quantitative estimate of drug-likeness (QED) is 0.652. The van der Waals surface area contributed by atoms with Gasteiger partial charge in [-0.2, -0.15) is 4.98 Å². The van der Waals surface area contributed by atoms with Gasteiger partial charge in [-0.05, 0) is 31.0 Å². The molecule has 20 heavy (non-hydrogen) atoms. The van der Waals surface area contributed by atoms with Crippen LogP contribution in [-0.4, -0.2) is 9.97 Å². The molecular weight excluding hydrogens is 276 g/mol. The first kappa shape index (κ1) is 14.6. The monoisotopic (exact) mass is 292 g/mol. The minimum atomic E-state index is 0.419. The predicted molar refractivity (Wildman–Crippen MR) is 80.1 cm³/mol. The molecule has 0 aliphatic carbocycles. The van der Waals surface area contributed by atoms with E-state index in [9.17, 15) is 0 Å². The Morgan fingerprint density at radius 2 is 2.10 bits per heavy atom. The number of ether oxygens (including phenoxy) is 1. The molecule has 0 spiro atoms. The van der Waals surface area contributed by atoms with E-state index in [1.54, 1.807) is 6.07 Å². The van der Waals surface area contributed by atoms with E-state index in [2.05, 4.69) is 22.3 Å². The molecular formula is C14H17ClN4O. The van der Waals surface area contributed by atoms with Crippen LogP contribution in [0.25, 0.3) is 0 Å². The molecule has 1 aromatic heterocycles. The molecule has 1 heterocycles. The van der Waals surface area contributed by atoms with Gasteiger partial charge < -0.3 is 10.2 Å². The number of nitrogens with one attached hydrogen (secondary N) is 1. The zero-order chi connectivity index (χ0) is 14.5. The maximum Gasteiger partial charge on any atom is 0.224 e. The Morgan fingerprint density at radius 1 is 1.30 bits per heavy atom. The molecule has 0 aliphatic rings. The molecule has 0 amide bonds. The molecule has 0 saturated heterocycles. The second kappa shape index (κ2) is 6.54. The number of aryl methyl sites for hydroxylation is 2. The van der Waals surface area contributed by atoms with E-state index >= 15 is 0 Å². The second-order valence-corrected chi connectivity index (χ2v) is 4.85. The maximum absolute atomic E-state index is 6.15. The number of nitrogens with zero attached hydrogens (tertiary/aromatic N) is 2. The van der Waals surface area contributed by atoms with Crippen molar-refractivity contribution in [2.45, 2.75) is 26.7 Å². The van der Waals surface area contributed by atoms with E-state index in [1.807, 2.05) is 25.1 Å². The number of anilines is 1. The van der Waals surface area contributed by atoms with Crippen molar-refractivity contribution in [1.29, 1.82) is 0 Å². The van der Waals surface area contributed by atoms with Gasteiger partial charge in [-0.25, -0.2) is 10.8 Å². The van der Waals surface area contributed by atoms with Gasteiger partial charge in [0.25, 0.3) is 0 Å². The summed E-state index contributed by atoms with van der Waals surface area (Å²) >= 11 is 6.15. The van der Waals surface area contributed by atoms with Crippen molar-refractivity contribution in [3.05, 3.63) is 40.7 Å². The third kappa shape index (κ3) is 3.59. The van der Waals surface area contributed by atoms with E-state index in [0.29, 0.717) is 28.3 Å². The Bertz CT molecular complexity index is 604. The molecule has 3 N–H and O–H groups in total. The number of rotatable bonds is 5. The molecule has 2 aromatic rings. The lowest BCUT2D eigenvalue weighted by Crippen LogP contribution is -2.10. The summed E-state index contributed by atoms with van der Waals surface area (Å²) in [6.45, 7) is 4.03. The van der Waals surface area contributed by atoms with E-state index < -0.39 is 0 Å². The summed E-state index contributed by atoms with van der Waals surface area (Å²) < 4.78 is 5.72. The first-order chi connectivity index (χ1) is 9.62. The topological polar surface area (TPSA) is 73.1 Å². The van der Waals surface area contributed by atoms with Crippen LogP contribution in [0.2, 0.25) is 5.02 Å². The third-order valence-corrected chi connectivity index (χ3v) is 2.97. The van der Waals surface area contributed by atoms with E-state index in [1.165, 1.54) is 0 Å². The Balaban J connectivity index is 2.29. The Morgan fingerprint density at radius 3 is 2.75 bits per heavy atom. The average molecular weight is 293 g/mol. The Hall–Kier alpha value is -1.85. The maximum atomic E-state index is 6.15. The highest BCUT2D eigenvalue weighted by atomic mass is 35.5. The SMILES string of the molecule is CCCc1nc(NN)cc(Oc2ccc(C)cc2Cl)n1. The smallest absolute Gasteiger partial charge is 0.224 e. The second-order valence-electron chi connectivity index (χ2n) is 4.44. The van der Waals surface area contributed by atoms with Crippen molar-refractivity contribution in [3.63, 3.8) is 0 Å². The van der Waals surface area contributed by atoms with Crippen molar-refractivity contribution in [2.75, 3.05) is 5.43 Å². The molecule has 0 bridgehead atoms. The summed E-state index contributed by atoms with van der Waals surface area (Å²) in [7, 11) is 0. The molecule has 0 saturated carbocycles. The fourth-order valence-corrected chi connectivity index (χ4v) is 2.01. The van der Waals surface area contributed by atoms with Crippen LogP contribution < -0.4 is 16.0 Å². The van der Waals surface area contributed by atoms with Crippen molar-refractivity contribution < 1.29 is 4.74 Å². The standard InChI is InChI=1S/C14H17ClN4O/c1-3-4-12-17-13(19-16)8-14(18-12)20-11-6-5-9(2)7-10(11)15/h5-8H,3-4,16H2,1-2H3,(H,17,18,19). The first-order valence-corrected chi connectivity index (χ1v) is 6.78. The van der Waals surface area contributed by atoms with Crippen LogP contribution in [0.5, 0.6) is 11.6 Å². The number of nitrogens with two attached hydrogens (primary N) is 1. The largest absolute Gasteiger partial charge is 0.437 e. The lowest BCUT2D eigenvalue weighted by atomic mass is 10.2. The van der Waals surface area contributed by atoms with Crippen LogP contribution >= 0.6 is 11.6 Å². The van der Waals surface area contributed by atoms with Crippen molar-refractivity contribution >= 4 is 17.4 Å². The highest BCUT2D eigenvalue weighted by molar-refractivity contribution is 6.32. The van der Waals surface area contributed by atoms with Gasteiger partial charge in [-0.15, -0.1) is 0 Å². The molecule has 0 unspecified atom stereocenters. The van der Waals surface area contributed by atoms with Gasteiger partial charge in [-0.1, -0.05) is 24.6 Å². The van der Waals surface area contributed by atoms with Crippen LogP contribution in [0, 0.1) is 6.92 Å². The highest BCUT2D eigenvalue weighted by Crippen LogP contribution is 2.29. The summed E-state index contributed by atoms with van der Waals surface area (Å²) in [6, 6.07) is 7.22. The normalized spacial score (nSPS) is 10.4. The first-order valence-electron chi connectivity index (χ1n) is 6.41. The molecule has 6 heteroatoms. The van der Waals surface area contributed by atoms with Crippen LogP contribution in [0.4, 0.5) is 5.82 Å². The summed E-state index contributed by atoms with van der Waals surface area (Å²) in [5.41, 5.74) is 3.58. The molecule has 106 valence electrons. The average Bonchev–Trinajstić information content (AvgIpc) is 2.42. The van der Waals surface area contributed by atoms with E-state index in [-0.39, 0.29) is 0 Å². The third-order valence-electron chi connectivity index (χ3n) is 2.67. The van der Waals surface area contributed by atoms with E-state index in [4.69, 9.17) is 22.2 Å². The van der Waals surface area contributed by atoms with Gasteiger partial charge in [0.1, 0.15) is 17.4 Å². The molecule has 0 fully saturated rings. The van der Waals surface area contributed by atoms with Crippen molar-refractivity contribution in [2.24, 2.45) is 5.84 Å². The minimum absolute atomic E-state index is 0.419. The highest BCUT2D eigenvalue weighted by Gasteiger charge is 2.08.